The standard InChI is InChI=1S/C17H25NO4/c1-12-15(17(20)21-3)10-14(22-12)11-18(2)16(19)9-8-13-6-4-5-7-13/h10,13H,4-9,11H2,1-3H3. The van der Waals surface area contributed by atoms with Crippen molar-refractivity contribution in [2.75, 3.05) is 14.2 Å². The first-order valence-electron chi connectivity index (χ1n) is 7.93. The summed E-state index contributed by atoms with van der Waals surface area (Å²) in [6, 6.07) is 1.65. The average Bonchev–Trinajstić information content (AvgIpc) is 3.13. The van der Waals surface area contributed by atoms with Crippen molar-refractivity contribution in [3.8, 4) is 0 Å². The molecule has 0 radical (unpaired) electrons. The highest BCUT2D eigenvalue weighted by Gasteiger charge is 2.20. The Labute approximate surface area is 131 Å². The number of carbonyl (C=O) groups excluding carboxylic acids is 2. The molecule has 1 aliphatic rings. The number of ether oxygens (including phenoxy) is 1. The van der Waals surface area contributed by atoms with Gasteiger partial charge < -0.3 is 14.1 Å². The van der Waals surface area contributed by atoms with Gasteiger partial charge in [-0.1, -0.05) is 25.7 Å². The summed E-state index contributed by atoms with van der Waals surface area (Å²) in [7, 11) is 3.11. The molecular weight excluding hydrogens is 282 g/mol. The molecule has 0 saturated heterocycles. The van der Waals surface area contributed by atoms with Crippen LogP contribution in [0.2, 0.25) is 0 Å². The molecule has 2 rings (SSSR count). The Morgan fingerprint density at radius 1 is 1.36 bits per heavy atom. The van der Waals surface area contributed by atoms with Gasteiger partial charge in [0.1, 0.15) is 17.1 Å². The molecule has 22 heavy (non-hydrogen) atoms. The molecule has 0 bridgehead atoms. The molecule has 0 aromatic carbocycles. The predicted octanol–water partition coefficient (Wildman–Crippen LogP) is 3.30. The highest BCUT2D eigenvalue weighted by Crippen LogP contribution is 2.28. The van der Waals surface area contributed by atoms with Gasteiger partial charge in [0.15, 0.2) is 0 Å². The van der Waals surface area contributed by atoms with E-state index in [1.54, 1.807) is 24.9 Å². The van der Waals surface area contributed by atoms with Crippen molar-refractivity contribution in [2.45, 2.75) is 52.0 Å². The summed E-state index contributed by atoms with van der Waals surface area (Å²) in [5, 5.41) is 0. The number of hydrogen-bond donors (Lipinski definition) is 0. The fraction of sp³-hybridized carbons (Fsp3) is 0.647. The molecule has 0 N–H and O–H groups in total. The van der Waals surface area contributed by atoms with Crippen LogP contribution in [-0.4, -0.2) is 30.9 Å². The molecule has 122 valence electrons. The summed E-state index contributed by atoms with van der Waals surface area (Å²) in [5.74, 6) is 1.56. The lowest BCUT2D eigenvalue weighted by Crippen LogP contribution is -2.26. The first kappa shape index (κ1) is 16.6. The second-order valence-electron chi connectivity index (χ2n) is 6.11. The Hall–Kier alpha value is -1.78. The monoisotopic (exact) mass is 307 g/mol. The van der Waals surface area contributed by atoms with Crippen LogP contribution in [-0.2, 0) is 16.1 Å². The number of esters is 1. The van der Waals surface area contributed by atoms with Gasteiger partial charge in [0.25, 0.3) is 0 Å². The zero-order valence-electron chi connectivity index (χ0n) is 13.7. The number of carbonyl (C=O) groups is 2. The number of nitrogens with zero attached hydrogens (tertiary/aromatic N) is 1. The third-order valence-corrected chi connectivity index (χ3v) is 4.43. The van der Waals surface area contributed by atoms with Gasteiger partial charge in [-0.2, -0.15) is 0 Å². The minimum atomic E-state index is -0.414. The maximum absolute atomic E-state index is 12.2. The van der Waals surface area contributed by atoms with Gasteiger partial charge in [0.05, 0.1) is 13.7 Å². The van der Waals surface area contributed by atoms with E-state index < -0.39 is 5.97 Å². The lowest BCUT2D eigenvalue weighted by Gasteiger charge is -2.17. The average molecular weight is 307 g/mol. The molecule has 0 unspecified atom stereocenters. The molecule has 1 aliphatic carbocycles. The molecule has 0 spiro atoms. The Bertz CT molecular complexity index is 529. The summed E-state index contributed by atoms with van der Waals surface area (Å²) < 4.78 is 10.2. The Balaban J connectivity index is 1.86. The summed E-state index contributed by atoms with van der Waals surface area (Å²) in [4.78, 5) is 25.4. The molecular formula is C17H25NO4. The van der Waals surface area contributed by atoms with Crippen molar-refractivity contribution in [1.82, 2.24) is 4.90 Å². The molecule has 0 aliphatic heterocycles. The fourth-order valence-electron chi connectivity index (χ4n) is 3.07. The van der Waals surface area contributed by atoms with Gasteiger partial charge in [-0.25, -0.2) is 4.79 Å². The lowest BCUT2D eigenvalue weighted by atomic mass is 10.0. The van der Waals surface area contributed by atoms with Crippen molar-refractivity contribution >= 4 is 11.9 Å². The molecule has 1 fully saturated rings. The van der Waals surface area contributed by atoms with Crippen LogP contribution >= 0.6 is 0 Å². The normalized spacial score (nSPS) is 15.0. The number of furan rings is 1. The topological polar surface area (TPSA) is 59.8 Å². The van der Waals surface area contributed by atoms with Gasteiger partial charge in [-0.15, -0.1) is 0 Å². The summed E-state index contributed by atoms with van der Waals surface area (Å²) in [6.45, 7) is 2.10. The van der Waals surface area contributed by atoms with Crippen LogP contribution < -0.4 is 0 Å². The van der Waals surface area contributed by atoms with Gasteiger partial charge in [-0.3, -0.25) is 4.79 Å². The number of aryl methyl sites for hydroxylation is 1. The molecule has 1 heterocycles. The first-order chi connectivity index (χ1) is 10.5. The molecule has 1 aromatic rings. The SMILES string of the molecule is COC(=O)c1cc(CN(C)C(=O)CCC2CCCC2)oc1C. The van der Waals surface area contributed by atoms with E-state index >= 15 is 0 Å². The van der Waals surface area contributed by atoms with Crippen LogP contribution in [0.4, 0.5) is 0 Å². The molecule has 5 nitrogen and oxygen atoms in total. The molecule has 1 aromatic heterocycles. The van der Waals surface area contributed by atoms with E-state index in [0.717, 1.165) is 6.42 Å². The quantitative estimate of drug-likeness (QED) is 0.757. The largest absolute Gasteiger partial charge is 0.465 e. The summed E-state index contributed by atoms with van der Waals surface area (Å²) >= 11 is 0. The van der Waals surface area contributed by atoms with Gasteiger partial charge in [-0.05, 0) is 25.3 Å². The van der Waals surface area contributed by atoms with Crippen molar-refractivity contribution in [3.63, 3.8) is 0 Å². The van der Waals surface area contributed by atoms with Crippen molar-refractivity contribution in [2.24, 2.45) is 5.92 Å². The number of methoxy groups -OCH3 is 1. The van der Waals surface area contributed by atoms with Crippen LogP contribution in [0, 0.1) is 12.8 Å². The maximum Gasteiger partial charge on any atom is 0.341 e. The van der Waals surface area contributed by atoms with E-state index in [9.17, 15) is 9.59 Å². The van der Waals surface area contributed by atoms with E-state index in [-0.39, 0.29) is 5.91 Å². The highest BCUT2D eigenvalue weighted by atomic mass is 16.5. The molecule has 1 saturated carbocycles. The summed E-state index contributed by atoms with van der Waals surface area (Å²) in [6.07, 6.45) is 6.69. The molecule has 5 heteroatoms. The van der Waals surface area contributed by atoms with Crippen LogP contribution in [0.25, 0.3) is 0 Å². The zero-order valence-corrected chi connectivity index (χ0v) is 13.7. The van der Waals surface area contributed by atoms with E-state index in [4.69, 9.17) is 9.15 Å². The third-order valence-electron chi connectivity index (χ3n) is 4.43. The molecule has 1 amide bonds. The number of rotatable bonds is 6. The van der Waals surface area contributed by atoms with Gasteiger partial charge in [0, 0.05) is 13.5 Å². The number of hydrogen-bond acceptors (Lipinski definition) is 4. The second kappa shape index (κ2) is 7.47. The van der Waals surface area contributed by atoms with E-state index in [2.05, 4.69) is 0 Å². The van der Waals surface area contributed by atoms with Crippen molar-refractivity contribution in [1.29, 1.82) is 0 Å². The second-order valence-corrected chi connectivity index (χ2v) is 6.11. The van der Waals surface area contributed by atoms with E-state index in [1.165, 1.54) is 32.8 Å². The predicted molar refractivity (Wildman–Crippen MR) is 82.5 cm³/mol. The van der Waals surface area contributed by atoms with Crippen LogP contribution in [0.5, 0.6) is 0 Å². The van der Waals surface area contributed by atoms with E-state index in [0.29, 0.717) is 36.0 Å². The van der Waals surface area contributed by atoms with Gasteiger partial charge in [0.2, 0.25) is 5.91 Å². The first-order valence-corrected chi connectivity index (χ1v) is 7.93. The Morgan fingerprint density at radius 2 is 2.05 bits per heavy atom. The molecule has 0 atom stereocenters. The Morgan fingerprint density at radius 3 is 2.68 bits per heavy atom. The maximum atomic E-state index is 12.2. The fourth-order valence-corrected chi connectivity index (χ4v) is 3.07. The number of amides is 1. The third kappa shape index (κ3) is 4.12. The Kier molecular flexibility index (Phi) is 5.63. The lowest BCUT2D eigenvalue weighted by molar-refractivity contribution is -0.131. The zero-order chi connectivity index (χ0) is 16.1. The summed E-state index contributed by atoms with van der Waals surface area (Å²) in [5.41, 5.74) is 0.421. The van der Waals surface area contributed by atoms with Crippen LogP contribution in [0.3, 0.4) is 0 Å². The van der Waals surface area contributed by atoms with Crippen molar-refractivity contribution < 1.29 is 18.7 Å². The highest BCUT2D eigenvalue weighted by molar-refractivity contribution is 5.90. The van der Waals surface area contributed by atoms with E-state index in [1.807, 2.05) is 0 Å². The smallest absolute Gasteiger partial charge is 0.341 e. The van der Waals surface area contributed by atoms with Crippen molar-refractivity contribution in [3.05, 3.63) is 23.2 Å². The van der Waals surface area contributed by atoms with Crippen LogP contribution in [0.15, 0.2) is 10.5 Å². The van der Waals surface area contributed by atoms with Crippen LogP contribution in [0.1, 0.15) is 60.4 Å². The minimum Gasteiger partial charge on any atom is -0.465 e. The minimum absolute atomic E-state index is 0.126. The van der Waals surface area contributed by atoms with Gasteiger partial charge >= 0.3 is 5.97 Å².